The molecule has 1 saturated heterocycles. The summed E-state index contributed by atoms with van der Waals surface area (Å²) in [6.07, 6.45) is 2.87. The highest BCUT2D eigenvalue weighted by molar-refractivity contribution is 5.75. The molecule has 1 aromatic rings. The van der Waals surface area contributed by atoms with E-state index in [9.17, 15) is 4.79 Å². The van der Waals surface area contributed by atoms with Crippen LogP contribution in [0.15, 0.2) is 12.3 Å². The van der Waals surface area contributed by atoms with Crippen molar-refractivity contribution >= 4 is 11.8 Å². The van der Waals surface area contributed by atoms with E-state index in [0.717, 1.165) is 44.2 Å². The van der Waals surface area contributed by atoms with Crippen molar-refractivity contribution in [1.82, 2.24) is 20.2 Å². The summed E-state index contributed by atoms with van der Waals surface area (Å²) in [7, 11) is 0. The van der Waals surface area contributed by atoms with Crippen LogP contribution in [0, 0.1) is 12.3 Å². The number of hydrogen-bond acceptors (Lipinski definition) is 4. The third-order valence-electron chi connectivity index (χ3n) is 4.46. The van der Waals surface area contributed by atoms with Gasteiger partial charge >= 0.3 is 6.03 Å². The van der Waals surface area contributed by atoms with Gasteiger partial charge in [0, 0.05) is 38.4 Å². The maximum absolute atomic E-state index is 12.2. The molecule has 6 heteroatoms. The van der Waals surface area contributed by atoms with Gasteiger partial charge in [0.2, 0.25) is 0 Å². The van der Waals surface area contributed by atoms with Gasteiger partial charge in [-0.25, -0.2) is 14.8 Å². The van der Waals surface area contributed by atoms with Crippen LogP contribution in [0.4, 0.5) is 10.6 Å². The topological polar surface area (TPSA) is 61.4 Å². The first-order valence-electron chi connectivity index (χ1n) is 7.56. The zero-order chi connectivity index (χ0) is 15.0. The Morgan fingerprint density at radius 1 is 1.33 bits per heavy atom. The second-order valence-electron chi connectivity index (χ2n) is 6.63. The van der Waals surface area contributed by atoms with Crippen molar-refractivity contribution in [2.75, 3.05) is 31.1 Å². The number of carbonyl (C=O) groups is 1. The van der Waals surface area contributed by atoms with E-state index in [-0.39, 0.29) is 11.4 Å². The Kier molecular flexibility index (Phi) is 3.47. The largest absolute Gasteiger partial charge is 0.353 e. The lowest BCUT2D eigenvalue weighted by atomic mass is 10.2. The maximum Gasteiger partial charge on any atom is 0.317 e. The Morgan fingerprint density at radius 3 is 2.57 bits per heavy atom. The fourth-order valence-electron chi connectivity index (χ4n) is 2.71. The molecule has 0 radical (unpaired) electrons. The first-order valence-corrected chi connectivity index (χ1v) is 7.56. The van der Waals surface area contributed by atoms with Gasteiger partial charge in [-0.2, -0.15) is 0 Å². The van der Waals surface area contributed by atoms with Crippen molar-refractivity contribution in [1.29, 1.82) is 0 Å². The quantitative estimate of drug-likeness (QED) is 0.894. The Hall–Kier alpha value is -1.85. The zero-order valence-corrected chi connectivity index (χ0v) is 13.0. The number of carbonyl (C=O) groups excluding carboxylic acids is 1. The molecule has 2 aliphatic rings. The smallest absolute Gasteiger partial charge is 0.317 e. The SMILES string of the molecule is Cc1nccc(N2CCN(C(=O)N[C@H]3CC3(C)C)CC2)n1. The number of amides is 2. The lowest BCUT2D eigenvalue weighted by molar-refractivity contribution is 0.192. The van der Waals surface area contributed by atoms with Gasteiger partial charge in [0.1, 0.15) is 11.6 Å². The zero-order valence-electron chi connectivity index (χ0n) is 13.0. The second-order valence-corrected chi connectivity index (χ2v) is 6.63. The summed E-state index contributed by atoms with van der Waals surface area (Å²) in [5.74, 6) is 1.73. The van der Waals surface area contributed by atoms with Crippen LogP contribution in [0.25, 0.3) is 0 Å². The van der Waals surface area contributed by atoms with E-state index in [1.807, 2.05) is 17.9 Å². The number of nitrogens with zero attached hydrogens (tertiary/aromatic N) is 4. The minimum absolute atomic E-state index is 0.0732. The summed E-state index contributed by atoms with van der Waals surface area (Å²) in [6, 6.07) is 2.34. The van der Waals surface area contributed by atoms with E-state index < -0.39 is 0 Å². The molecule has 2 fully saturated rings. The highest BCUT2D eigenvalue weighted by atomic mass is 16.2. The van der Waals surface area contributed by atoms with E-state index in [1.54, 1.807) is 6.20 Å². The molecule has 1 aromatic heterocycles. The van der Waals surface area contributed by atoms with Gasteiger partial charge in [0.05, 0.1) is 0 Å². The average Bonchev–Trinajstić information content (AvgIpc) is 3.05. The van der Waals surface area contributed by atoms with E-state index >= 15 is 0 Å². The molecule has 2 heterocycles. The second kappa shape index (κ2) is 5.16. The molecule has 2 amide bonds. The number of piperazine rings is 1. The van der Waals surface area contributed by atoms with E-state index in [0.29, 0.717) is 6.04 Å². The molecule has 3 rings (SSSR count). The standard InChI is InChI=1S/C15H23N5O/c1-11-16-5-4-13(17-11)19-6-8-20(9-7-19)14(21)18-12-10-15(12,2)3/h4-5,12H,6-10H2,1-3H3,(H,18,21)/t12-/m0/s1. The van der Waals surface area contributed by atoms with E-state index in [1.165, 1.54) is 0 Å². The summed E-state index contributed by atoms with van der Waals surface area (Å²) in [5.41, 5.74) is 0.274. The molecule has 6 nitrogen and oxygen atoms in total. The van der Waals surface area contributed by atoms with Crippen LogP contribution in [0.3, 0.4) is 0 Å². The van der Waals surface area contributed by atoms with Crippen LogP contribution in [-0.2, 0) is 0 Å². The predicted molar refractivity (Wildman–Crippen MR) is 81.3 cm³/mol. The van der Waals surface area contributed by atoms with Gasteiger partial charge in [0.25, 0.3) is 0 Å². The first kappa shape index (κ1) is 14.1. The Labute approximate surface area is 125 Å². The van der Waals surface area contributed by atoms with Gasteiger partial charge < -0.3 is 15.1 Å². The molecule has 21 heavy (non-hydrogen) atoms. The summed E-state index contributed by atoms with van der Waals surface area (Å²) in [6.45, 7) is 9.38. The number of rotatable bonds is 2. The maximum atomic E-state index is 12.2. The number of aromatic nitrogens is 2. The van der Waals surface area contributed by atoms with Crippen LogP contribution in [0.2, 0.25) is 0 Å². The number of hydrogen-bond donors (Lipinski definition) is 1. The summed E-state index contributed by atoms with van der Waals surface area (Å²) in [5, 5.41) is 3.12. The third kappa shape index (κ3) is 3.09. The van der Waals surface area contributed by atoms with Crippen molar-refractivity contribution in [2.24, 2.45) is 5.41 Å². The van der Waals surface area contributed by atoms with Gasteiger partial charge in [0.15, 0.2) is 0 Å². The van der Waals surface area contributed by atoms with Crippen molar-refractivity contribution in [3.8, 4) is 0 Å². The highest BCUT2D eigenvalue weighted by Gasteiger charge is 2.47. The van der Waals surface area contributed by atoms with Gasteiger partial charge in [-0.1, -0.05) is 13.8 Å². The molecule has 0 bridgehead atoms. The van der Waals surface area contributed by atoms with Crippen LogP contribution in [0.1, 0.15) is 26.1 Å². The Bertz CT molecular complexity index is 537. The molecule has 1 saturated carbocycles. The molecule has 1 atom stereocenters. The highest BCUT2D eigenvalue weighted by Crippen LogP contribution is 2.44. The molecular weight excluding hydrogens is 266 g/mol. The summed E-state index contributed by atoms with van der Waals surface area (Å²) >= 11 is 0. The molecule has 0 aromatic carbocycles. The molecule has 114 valence electrons. The fourth-order valence-corrected chi connectivity index (χ4v) is 2.71. The monoisotopic (exact) mass is 289 g/mol. The Balaban J connectivity index is 1.52. The van der Waals surface area contributed by atoms with E-state index in [2.05, 4.69) is 34.0 Å². The van der Waals surface area contributed by atoms with Crippen LogP contribution < -0.4 is 10.2 Å². The lowest BCUT2D eigenvalue weighted by Crippen LogP contribution is -2.52. The van der Waals surface area contributed by atoms with Crippen molar-refractivity contribution < 1.29 is 4.79 Å². The minimum atomic E-state index is 0.0732. The van der Waals surface area contributed by atoms with Crippen LogP contribution >= 0.6 is 0 Å². The third-order valence-corrected chi connectivity index (χ3v) is 4.46. The van der Waals surface area contributed by atoms with Crippen LogP contribution in [-0.4, -0.2) is 53.1 Å². The number of urea groups is 1. The predicted octanol–water partition coefficient (Wildman–Crippen LogP) is 1.42. The molecule has 0 unspecified atom stereocenters. The molecule has 1 aliphatic heterocycles. The minimum Gasteiger partial charge on any atom is -0.353 e. The summed E-state index contributed by atoms with van der Waals surface area (Å²) < 4.78 is 0. The number of aryl methyl sites for hydroxylation is 1. The average molecular weight is 289 g/mol. The van der Waals surface area contributed by atoms with E-state index in [4.69, 9.17) is 0 Å². The fraction of sp³-hybridized carbons (Fsp3) is 0.667. The van der Waals surface area contributed by atoms with Crippen molar-refractivity contribution in [2.45, 2.75) is 33.2 Å². The molecule has 0 spiro atoms. The normalized spacial score (nSPS) is 23.9. The van der Waals surface area contributed by atoms with Crippen molar-refractivity contribution in [3.05, 3.63) is 18.1 Å². The van der Waals surface area contributed by atoms with Crippen LogP contribution in [0.5, 0.6) is 0 Å². The molecular formula is C15H23N5O. The number of nitrogens with one attached hydrogen (secondary N) is 1. The van der Waals surface area contributed by atoms with Gasteiger partial charge in [-0.15, -0.1) is 0 Å². The van der Waals surface area contributed by atoms with Gasteiger partial charge in [-0.05, 0) is 24.8 Å². The molecule has 1 aliphatic carbocycles. The molecule has 1 N–H and O–H groups in total. The Morgan fingerprint density at radius 2 is 2.00 bits per heavy atom. The summed E-state index contributed by atoms with van der Waals surface area (Å²) in [4.78, 5) is 24.9. The first-order chi connectivity index (χ1) is 9.95. The van der Waals surface area contributed by atoms with Gasteiger partial charge in [-0.3, -0.25) is 0 Å². The van der Waals surface area contributed by atoms with Crippen molar-refractivity contribution in [3.63, 3.8) is 0 Å². The number of anilines is 1. The lowest BCUT2D eigenvalue weighted by Gasteiger charge is -2.35.